The van der Waals surface area contributed by atoms with Gasteiger partial charge < -0.3 is 9.42 Å². The summed E-state index contributed by atoms with van der Waals surface area (Å²) in [6.45, 7) is 0. The molecule has 0 saturated heterocycles. The molecule has 0 spiro atoms. The van der Waals surface area contributed by atoms with Crippen molar-refractivity contribution in [1.29, 1.82) is 0 Å². The van der Waals surface area contributed by atoms with Gasteiger partial charge in [0.05, 0.1) is 5.56 Å². The van der Waals surface area contributed by atoms with Crippen LogP contribution in [0.25, 0.3) is 0 Å². The zero-order valence-corrected chi connectivity index (χ0v) is 7.41. The van der Waals surface area contributed by atoms with E-state index in [0.29, 0.717) is 0 Å². The van der Waals surface area contributed by atoms with Crippen LogP contribution in [0.3, 0.4) is 0 Å². The lowest BCUT2D eigenvalue weighted by atomic mass is 10.2. The van der Waals surface area contributed by atoms with Crippen LogP contribution in [0.2, 0.25) is 0 Å². The topological polar surface area (TPSA) is 46.5 Å². The summed E-state index contributed by atoms with van der Waals surface area (Å²) in [7, 11) is -3.23. The average Bonchev–Trinajstić information content (AvgIpc) is 2.03. The Balaban J connectivity index is 2.97. The number of benzene rings is 1. The first-order valence-electron chi connectivity index (χ1n) is 3.39. The van der Waals surface area contributed by atoms with Crippen LogP contribution in [0.4, 0.5) is 8.78 Å². The quantitative estimate of drug-likeness (QED) is 0.775. The van der Waals surface area contributed by atoms with E-state index in [-0.39, 0.29) is 11.3 Å². The third kappa shape index (κ3) is 2.79. The molecule has 1 unspecified atom stereocenters. The number of halogens is 2. The van der Waals surface area contributed by atoms with Crippen LogP contribution in [0.1, 0.15) is 12.0 Å². The van der Waals surface area contributed by atoms with Gasteiger partial charge >= 0.3 is 8.25 Å². The molecule has 0 fully saturated rings. The smallest absolute Gasteiger partial charge is 0.365 e. The molecule has 1 aromatic rings. The fraction of sp³-hybridized carbons (Fsp3) is 0.143. The molecule has 0 amide bonds. The molecule has 0 heterocycles. The molecule has 6 heteroatoms. The predicted molar refractivity (Wildman–Crippen MR) is 43.2 cm³/mol. The van der Waals surface area contributed by atoms with Crippen LogP contribution in [0, 0.1) is 0 Å². The Hall–Kier alpha value is -0.930. The fourth-order valence-electron chi connectivity index (χ4n) is 0.848. The summed E-state index contributed by atoms with van der Waals surface area (Å²) in [5.74, 6) is -0.246. The molecule has 13 heavy (non-hydrogen) atoms. The van der Waals surface area contributed by atoms with Gasteiger partial charge in [-0.05, 0) is 12.1 Å². The number of hydrogen-bond donors (Lipinski definition) is 1. The molecule has 1 atom stereocenters. The minimum atomic E-state index is -3.23. The van der Waals surface area contributed by atoms with Crippen LogP contribution < -0.4 is 4.52 Å². The van der Waals surface area contributed by atoms with Gasteiger partial charge in [0.15, 0.2) is 0 Å². The summed E-state index contributed by atoms with van der Waals surface area (Å²) in [6.07, 6.45) is -2.71. The van der Waals surface area contributed by atoms with Crippen LogP contribution in [-0.2, 0) is 4.57 Å². The molecule has 3 nitrogen and oxygen atoms in total. The Kier molecular flexibility index (Phi) is 3.39. The zero-order valence-electron chi connectivity index (χ0n) is 6.41. The van der Waals surface area contributed by atoms with Crippen molar-refractivity contribution < 1.29 is 22.8 Å². The van der Waals surface area contributed by atoms with Crippen molar-refractivity contribution in [2.75, 3.05) is 0 Å². The molecule has 0 aliphatic rings. The zero-order chi connectivity index (χ0) is 9.84. The van der Waals surface area contributed by atoms with Gasteiger partial charge in [-0.1, -0.05) is 12.1 Å². The molecule has 0 aliphatic carbocycles. The van der Waals surface area contributed by atoms with Gasteiger partial charge in [0, 0.05) is 0 Å². The van der Waals surface area contributed by atoms with Crippen molar-refractivity contribution in [2.24, 2.45) is 0 Å². The maximum atomic E-state index is 12.2. The highest BCUT2D eigenvalue weighted by atomic mass is 31.1. The van der Waals surface area contributed by atoms with Crippen molar-refractivity contribution in [1.82, 2.24) is 0 Å². The van der Waals surface area contributed by atoms with Crippen molar-refractivity contribution in [2.45, 2.75) is 6.43 Å². The summed E-state index contributed by atoms with van der Waals surface area (Å²) < 4.78 is 39.0. The van der Waals surface area contributed by atoms with Crippen molar-refractivity contribution in [3.05, 3.63) is 29.8 Å². The highest BCUT2D eigenvalue weighted by Crippen LogP contribution is 2.32. The number of rotatable bonds is 3. The Labute approximate surface area is 73.9 Å². The average molecular weight is 208 g/mol. The number of hydrogen-bond acceptors (Lipinski definition) is 2. The Morgan fingerprint density at radius 1 is 1.38 bits per heavy atom. The highest BCUT2D eigenvalue weighted by Gasteiger charge is 2.13. The first kappa shape index (κ1) is 10.2. The second kappa shape index (κ2) is 4.35. The van der Waals surface area contributed by atoms with Gasteiger partial charge in [-0.3, -0.25) is 0 Å². The van der Waals surface area contributed by atoms with Crippen LogP contribution in [-0.4, -0.2) is 4.89 Å². The molecule has 0 bridgehead atoms. The second-order valence-electron chi connectivity index (χ2n) is 2.21. The second-order valence-corrected chi connectivity index (χ2v) is 2.94. The van der Waals surface area contributed by atoms with E-state index in [4.69, 9.17) is 4.89 Å². The molecular weight excluding hydrogens is 201 g/mol. The minimum absolute atomic E-state index is 0.246. The van der Waals surface area contributed by atoms with Crippen LogP contribution in [0.15, 0.2) is 24.3 Å². The molecule has 72 valence electrons. The SMILES string of the molecule is O=[PH](O)Oc1ccccc1C(F)F. The summed E-state index contributed by atoms with van der Waals surface area (Å²) in [6, 6.07) is 5.22. The number of alkyl halides is 2. The lowest BCUT2D eigenvalue weighted by molar-refractivity contribution is 0.149. The normalized spacial score (nSPS) is 12.9. The predicted octanol–water partition coefficient (Wildman–Crippen LogP) is 2.38. The molecule has 0 aromatic heterocycles. The van der Waals surface area contributed by atoms with Gasteiger partial charge in [0.25, 0.3) is 6.43 Å². The van der Waals surface area contributed by atoms with Crippen molar-refractivity contribution >= 4 is 8.25 Å². The minimum Gasteiger partial charge on any atom is -0.426 e. The Morgan fingerprint density at radius 2 is 2.00 bits per heavy atom. The molecule has 1 rings (SSSR count). The van der Waals surface area contributed by atoms with Crippen molar-refractivity contribution in [3.8, 4) is 5.75 Å². The third-order valence-electron chi connectivity index (χ3n) is 1.35. The summed E-state index contributed by atoms with van der Waals surface area (Å²) >= 11 is 0. The molecule has 0 aliphatic heterocycles. The molecular formula is C7H7F2O3P. The van der Waals surface area contributed by atoms with Gasteiger partial charge in [-0.15, -0.1) is 0 Å². The lowest BCUT2D eigenvalue weighted by Gasteiger charge is -2.06. The van der Waals surface area contributed by atoms with E-state index in [9.17, 15) is 13.3 Å². The van der Waals surface area contributed by atoms with E-state index in [1.54, 1.807) is 0 Å². The summed E-state index contributed by atoms with van der Waals surface area (Å²) in [5, 5.41) is 0. The first-order chi connectivity index (χ1) is 6.11. The van der Waals surface area contributed by atoms with Crippen molar-refractivity contribution in [3.63, 3.8) is 0 Å². The molecule has 1 N–H and O–H groups in total. The van der Waals surface area contributed by atoms with Crippen LogP contribution >= 0.6 is 8.25 Å². The van der Waals surface area contributed by atoms with E-state index >= 15 is 0 Å². The molecule has 1 aromatic carbocycles. The summed E-state index contributed by atoms with van der Waals surface area (Å²) in [5.41, 5.74) is -0.380. The van der Waals surface area contributed by atoms with Gasteiger partial charge in [0.1, 0.15) is 5.75 Å². The fourth-order valence-corrected chi connectivity index (χ4v) is 1.22. The number of para-hydroxylation sites is 1. The standard InChI is InChI=1S/C7H7F2O3P/c8-7(9)5-3-1-2-4-6(5)12-13(10)11/h1-4,7,13H,(H,10,11). The molecule has 0 radical (unpaired) electrons. The van der Waals surface area contributed by atoms with Crippen LogP contribution in [0.5, 0.6) is 5.75 Å². The van der Waals surface area contributed by atoms with E-state index < -0.39 is 14.7 Å². The lowest BCUT2D eigenvalue weighted by Crippen LogP contribution is -1.89. The maximum Gasteiger partial charge on any atom is 0.365 e. The highest BCUT2D eigenvalue weighted by molar-refractivity contribution is 7.32. The first-order valence-corrected chi connectivity index (χ1v) is 4.65. The monoisotopic (exact) mass is 208 g/mol. The summed E-state index contributed by atoms with van der Waals surface area (Å²) in [4.78, 5) is 8.39. The largest absolute Gasteiger partial charge is 0.426 e. The molecule has 0 saturated carbocycles. The van der Waals surface area contributed by atoms with E-state index in [1.807, 2.05) is 0 Å². The maximum absolute atomic E-state index is 12.2. The Bertz CT molecular complexity index is 316. The third-order valence-corrected chi connectivity index (χ3v) is 1.75. The van der Waals surface area contributed by atoms with E-state index in [1.165, 1.54) is 18.2 Å². The van der Waals surface area contributed by atoms with E-state index in [0.717, 1.165) is 6.07 Å². The van der Waals surface area contributed by atoms with Gasteiger partial charge in [0.2, 0.25) is 0 Å². The van der Waals surface area contributed by atoms with Gasteiger partial charge in [-0.2, -0.15) is 0 Å². The van der Waals surface area contributed by atoms with E-state index in [2.05, 4.69) is 4.52 Å². The van der Waals surface area contributed by atoms with Gasteiger partial charge in [-0.25, -0.2) is 13.3 Å². The Morgan fingerprint density at radius 3 is 2.54 bits per heavy atom.